The molecule has 216 valence electrons. The third-order valence-corrected chi connectivity index (χ3v) is 14.1. The second kappa shape index (κ2) is 10.4. The predicted octanol–water partition coefficient (Wildman–Crippen LogP) is 9.15. The van der Waals surface area contributed by atoms with Crippen molar-refractivity contribution in [3.63, 3.8) is 0 Å². The van der Waals surface area contributed by atoms with E-state index in [1.807, 2.05) is 0 Å². The van der Waals surface area contributed by atoms with E-state index in [4.69, 9.17) is 0 Å². The number of nitrogens with one attached hydrogen (secondary N) is 1. The molecule has 0 aromatic carbocycles. The molecule has 1 amide bonds. The second-order valence-electron chi connectivity index (χ2n) is 15.7. The summed E-state index contributed by atoms with van der Waals surface area (Å²) >= 11 is 0. The molecule has 3 heteroatoms. The molecule has 3 nitrogen and oxygen atoms in total. The van der Waals surface area contributed by atoms with Crippen LogP contribution in [0.3, 0.4) is 0 Å². The largest absolute Gasteiger partial charge is 0.353 e. The quantitative estimate of drug-likeness (QED) is 0.347. The molecule has 1 N–H and O–H groups in total. The number of nitrogens with zero attached hydrogens (tertiary/aromatic N) is 1. The second-order valence-corrected chi connectivity index (χ2v) is 15.7. The molecule has 5 aliphatic carbocycles. The Balaban J connectivity index is 1.51. The summed E-state index contributed by atoms with van der Waals surface area (Å²) in [6, 6.07) is 2.87. The third kappa shape index (κ3) is 4.28. The Morgan fingerprint density at radius 1 is 0.872 bits per heavy atom. The maximum atomic E-state index is 14.3. The first-order chi connectivity index (χ1) is 18.4. The molecule has 5 rings (SSSR count). The lowest BCUT2D eigenvalue weighted by Gasteiger charge is -2.70. The molecule has 0 unspecified atom stereocenters. The fraction of sp³-hybridized carbons (Fsp3) is 0.833. The highest BCUT2D eigenvalue weighted by Gasteiger charge is 2.70. The smallest absolute Gasteiger partial charge is 0.226 e. The summed E-state index contributed by atoms with van der Waals surface area (Å²) in [5, 5.41) is 13.2. The summed E-state index contributed by atoms with van der Waals surface area (Å²) in [7, 11) is 0. The number of rotatable bonds is 6. The lowest BCUT2D eigenvalue weighted by Crippen LogP contribution is -2.65. The maximum absolute atomic E-state index is 14.3. The van der Waals surface area contributed by atoms with Crippen molar-refractivity contribution in [3.8, 4) is 6.07 Å². The molecule has 5 aliphatic rings. The van der Waals surface area contributed by atoms with E-state index in [9.17, 15) is 10.1 Å². The van der Waals surface area contributed by atoms with Crippen LogP contribution < -0.4 is 5.32 Å². The van der Waals surface area contributed by atoms with E-state index in [-0.39, 0.29) is 21.7 Å². The molecule has 0 bridgehead atoms. The Bertz CT molecular complexity index is 1030. The fourth-order valence-corrected chi connectivity index (χ4v) is 12.0. The van der Waals surface area contributed by atoms with Gasteiger partial charge in [0.15, 0.2) is 0 Å². The molecule has 39 heavy (non-hydrogen) atoms. The molecule has 5 saturated carbocycles. The Kier molecular flexibility index (Phi) is 7.70. The molecule has 0 heterocycles. The van der Waals surface area contributed by atoms with Crippen molar-refractivity contribution in [1.29, 1.82) is 5.26 Å². The summed E-state index contributed by atoms with van der Waals surface area (Å²) < 4.78 is 0. The fourth-order valence-electron chi connectivity index (χ4n) is 12.0. The van der Waals surface area contributed by atoms with Crippen molar-refractivity contribution in [1.82, 2.24) is 5.32 Å². The molecule has 0 aromatic rings. The highest BCUT2D eigenvalue weighted by Crippen LogP contribution is 2.76. The van der Waals surface area contributed by atoms with Gasteiger partial charge in [-0.3, -0.25) is 4.79 Å². The van der Waals surface area contributed by atoms with Gasteiger partial charge in [0.1, 0.15) is 0 Å². The van der Waals surface area contributed by atoms with E-state index in [1.54, 1.807) is 0 Å². The minimum absolute atomic E-state index is 0.124. The summed E-state index contributed by atoms with van der Waals surface area (Å²) in [6.07, 6.45) is 17.0. The van der Waals surface area contributed by atoms with E-state index < -0.39 is 0 Å². The summed E-state index contributed by atoms with van der Waals surface area (Å²) in [5.41, 5.74) is 2.95. The van der Waals surface area contributed by atoms with Crippen LogP contribution >= 0.6 is 0 Å². The van der Waals surface area contributed by atoms with E-state index in [2.05, 4.69) is 59.2 Å². The van der Waals surface area contributed by atoms with Gasteiger partial charge in [0, 0.05) is 12.5 Å². The molecular weight excluding hydrogens is 476 g/mol. The molecule has 0 saturated heterocycles. The van der Waals surface area contributed by atoms with Crippen LogP contribution in [0.2, 0.25) is 0 Å². The van der Waals surface area contributed by atoms with Crippen molar-refractivity contribution >= 4 is 5.91 Å². The van der Waals surface area contributed by atoms with Crippen LogP contribution in [-0.2, 0) is 4.79 Å². The number of amides is 1. The molecular formula is C36H56N2O. The van der Waals surface area contributed by atoms with Gasteiger partial charge in [-0.15, -0.1) is 0 Å². The zero-order valence-corrected chi connectivity index (χ0v) is 25.8. The van der Waals surface area contributed by atoms with Crippen molar-refractivity contribution in [2.24, 2.45) is 51.2 Å². The number of hydrogen-bond donors (Lipinski definition) is 1. The van der Waals surface area contributed by atoms with Gasteiger partial charge in [-0.25, -0.2) is 0 Å². The average molecular weight is 533 g/mol. The van der Waals surface area contributed by atoms with Gasteiger partial charge in [0.05, 0.1) is 11.5 Å². The van der Waals surface area contributed by atoms with E-state index in [1.165, 1.54) is 56.1 Å². The van der Waals surface area contributed by atoms with Crippen LogP contribution in [0.5, 0.6) is 0 Å². The maximum Gasteiger partial charge on any atom is 0.226 e. The summed E-state index contributed by atoms with van der Waals surface area (Å²) in [6.45, 7) is 21.2. The minimum Gasteiger partial charge on any atom is -0.353 e. The van der Waals surface area contributed by atoms with Crippen LogP contribution in [0, 0.1) is 62.6 Å². The van der Waals surface area contributed by atoms with Gasteiger partial charge in [-0.2, -0.15) is 5.26 Å². The summed E-state index contributed by atoms with van der Waals surface area (Å²) in [4.78, 5) is 14.3. The van der Waals surface area contributed by atoms with Gasteiger partial charge < -0.3 is 5.32 Å². The van der Waals surface area contributed by atoms with Gasteiger partial charge in [-0.05, 0) is 130 Å². The van der Waals surface area contributed by atoms with Crippen LogP contribution in [0.1, 0.15) is 131 Å². The van der Waals surface area contributed by atoms with Crippen LogP contribution in [0.25, 0.3) is 0 Å². The number of fused-ring (bicyclic) bond motifs is 5. The molecule has 0 aliphatic heterocycles. The van der Waals surface area contributed by atoms with Gasteiger partial charge in [0.2, 0.25) is 5.91 Å². The van der Waals surface area contributed by atoms with Crippen molar-refractivity contribution < 1.29 is 4.79 Å². The number of carbonyl (C=O) groups is 1. The SMILES string of the molecule is C=C(C)[C@@H]1CC[C@]2(C(=O)NC3CCCCC3)CC[C@]3(C)[C@H](CC[C@@H]4[C@@](C)(CCC#N)[C@H](C(=C)C)CC[C@]43C)[C@@H]12. The lowest BCUT2D eigenvalue weighted by molar-refractivity contribution is -0.215. The van der Waals surface area contributed by atoms with E-state index >= 15 is 0 Å². The zero-order valence-electron chi connectivity index (χ0n) is 25.8. The number of allylic oxidation sites excluding steroid dienone is 2. The standard InChI is InChI=1S/C36H56N2O/c1-24(2)27-16-20-36(32(39)38-26-12-9-8-10-13-26)22-21-34(6)29(31(27)36)14-15-30-33(5,18-11-23-37)28(25(3)4)17-19-35(30,34)7/h26-31H,1,3,8-22H2,2,4-7H3,(H,38,39)/t27-,28-,29+,30+,31+,33-,34+,35+,36-/m0/s1. The Morgan fingerprint density at radius 3 is 2.23 bits per heavy atom. The van der Waals surface area contributed by atoms with Crippen LogP contribution in [-0.4, -0.2) is 11.9 Å². The monoisotopic (exact) mass is 532 g/mol. The van der Waals surface area contributed by atoms with Gasteiger partial charge >= 0.3 is 0 Å². The minimum atomic E-state index is -0.215. The zero-order chi connectivity index (χ0) is 28.2. The topological polar surface area (TPSA) is 52.9 Å². The normalized spacial score (nSPS) is 45.8. The predicted molar refractivity (Wildman–Crippen MR) is 161 cm³/mol. The van der Waals surface area contributed by atoms with Crippen molar-refractivity contribution in [3.05, 3.63) is 24.3 Å². The molecule has 0 radical (unpaired) electrons. The lowest BCUT2D eigenvalue weighted by atomic mass is 9.34. The highest BCUT2D eigenvalue weighted by molar-refractivity contribution is 5.84. The molecule has 0 spiro atoms. The average Bonchev–Trinajstić information content (AvgIpc) is 3.30. The first kappa shape index (κ1) is 29.0. The van der Waals surface area contributed by atoms with Crippen LogP contribution in [0.15, 0.2) is 24.3 Å². The van der Waals surface area contributed by atoms with Crippen molar-refractivity contribution in [2.75, 3.05) is 0 Å². The number of nitriles is 1. The third-order valence-electron chi connectivity index (χ3n) is 14.1. The Labute approximate surface area is 239 Å². The number of hydrogen-bond acceptors (Lipinski definition) is 2. The van der Waals surface area contributed by atoms with E-state index in [0.29, 0.717) is 48.0 Å². The molecule has 5 fully saturated rings. The Hall–Kier alpha value is -1.56. The first-order valence-corrected chi connectivity index (χ1v) is 16.4. The van der Waals surface area contributed by atoms with Gasteiger partial charge in [-0.1, -0.05) is 64.3 Å². The van der Waals surface area contributed by atoms with Gasteiger partial charge in [0.25, 0.3) is 0 Å². The molecule has 0 aromatic heterocycles. The van der Waals surface area contributed by atoms with Crippen LogP contribution in [0.4, 0.5) is 0 Å². The van der Waals surface area contributed by atoms with Crippen molar-refractivity contribution in [2.45, 2.75) is 137 Å². The molecule has 9 atom stereocenters. The summed E-state index contributed by atoms with van der Waals surface area (Å²) in [5.74, 6) is 2.94. The highest BCUT2D eigenvalue weighted by atomic mass is 16.2. The Morgan fingerprint density at radius 2 is 1.59 bits per heavy atom. The number of carbonyl (C=O) groups excluding carboxylic acids is 1. The first-order valence-electron chi connectivity index (χ1n) is 16.4. The van der Waals surface area contributed by atoms with E-state index in [0.717, 1.165) is 44.9 Å².